The lowest BCUT2D eigenvalue weighted by atomic mass is 10.1. The van der Waals surface area contributed by atoms with Crippen LogP contribution in [0.2, 0.25) is 0 Å². The highest BCUT2D eigenvalue weighted by molar-refractivity contribution is 9.10. The Kier molecular flexibility index (Phi) is 3.36. The van der Waals surface area contributed by atoms with E-state index in [0.717, 1.165) is 22.9 Å². The third-order valence-electron chi connectivity index (χ3n) is 2.75. The molecule has 0 atom stereocenters. The van der Waals surface area contributed by atoms with Crippen LogP contribution < -0.4 is 5.32 Å². The van der Waals surface area contributed by atoms with Crippen LogP contribution in [0.5, 0.6) is 0 Å². The van der Waals surface area contributed by atoms with E-state index >= 15 is 0 Å². The second-order valence-corrected chi connectivity index (χ2v) is 6.52. The van der Waals surface area contributed by atoms with Crippen LogP contribution in [-0.2, 0) is 10.3 Å². The van der Waals surface area contributed by atoms with Crippen LogP contribution in [0.4, 0.5) is 4.79 Å². The minimum Gasteiger partial charge on any atom is -0.444 e. The smallest absolute Gasteiger partial charge is 0.408 e. The van der Waals surface area contributed by atoms with Crippen molar-refractivity contribution in [3.63, 3.8) is 0 Å². The first-order valence-electron chi connectivity index (χ1n) is 5.93. The van der Waals surface area contributed by atoms with Crippen LogP contribution in [0.1, 0.15) is 39.2 Å². The molecule has 0 saturated heterocycles. The van der Waals surface area contributed by atoms with Gasteiger partial charge in [0.05, 0.1) is 5.54 Å². The molecule has 1 fully saturated rings. The van der Waals surface area contributed by atoms with Gasteiger partial charge in [-0.05, 0) is 61.2 Å². The summed E-state index contributed by atoms with van der Waals surface area (Å²) in [5.41, 5.74) is 0.247. The molecule has 98 valence electrons. The van der Waals surface area contributed by atoms with E-state index in [1.807, 2.05) is 26.8 Å². The average molecular weight is 313 g/mol. The zero-order chi connectivity index (χ0) is 13.4. The Hall–Kier alpha value is -1.10. The Morgan fingerprint density at radius 2 is 2.11 bits per heavy atom. The number of aromatic nitrogens is 1. The van der Waals surface area contributed by atoms with Crippen molar-refractivity contribution in [1.29, 1.82) is 0 Å². The third-order valence-corrected chi connectivity index (χ3v) is 3.18. The van der Waals surface area contributed by atoms with Crippen molar-refractivity contribution < 1.29 is 9.53 Å². The summed E-state index contributed by atoms with van der Waals surface area (Å²) in [5.74, 6) is 0. The molecule has 1 aromatic heterocycles. The molecule has 4 nitrogen and oxygen atoms in total. The van der Waals surface area contributed by atoms with E-state index < -0.39 is 5.60 Å². The predicted molar refractivity (Wildman–Crippen MR) is 72.2 cm³/mol. The molecule has 1 aromatic rings. The highest BCUT2D eigenvalue weighted by Gasteiger charge is 2.46. The van der Waals surface area contributed by atoms with Crippen LogP contribution in [-0.4, -0.2) is 16.7 Å². The van der Waals surface area contributed by atoms with Gasteiger partial charge in [-0.3, -0.25) is 4.98 Å². The molecule has 1 N–H and O–H groups in total. The average Bonchev–Trinajstić information content (AvgIpc) is 2.95. The van der Waals surface area contributed by atoms with Crippen molar-refractivity contribution in [2.75, 3.05) is 0 Å². The largest absolute Gasteiger partial charge is 0.444 e. The first-order valence-corrected chi connectivity index (χ1v) is 6.72. The Balaban J connectivity index is 2.07. The van der Waals surface area contributed by atoms with Gasteiger partial charge in [0.25, 0.3) is 0 Å². The summed E-state index contributed by atoms with van der Waals surface area (Å²) < 4.78 is 6.20. The summed E-state index contributed by atoms with van der Waals surface area (Å²) in [4.78, 5) is 15.9. The zero-order valence-corrected chi connectivity index (χ0v) is 12.4. The second kappa shape index (κ2) is 4.53. The van der Waals surface area contributed by atoms with Gasteiger partial charge in [0, 0.05) is 16.9 Å². The quantitative estimate of drug-likeness (QED) is 0.911. The number of nitrogens with one attached hydrogen (secondary N) is 1. The van der Waals surface area contributed by atoms with Gasteiger partial charge in [-0.25, -0.2) is 4.79 Å². The molecule has 0 spiro atoms. The maximum atomic E-state index is 11.8. The minimum absolute atomic E-state index is 0.293. The predicted octanol–water partition coefficient (Wildman–Crippen LogP) is 3.36. The van der Waals surface area contributed by atoms with Crippen LogP contribution in [0.3, 0.4) is 0 Å². The summed E-state index contributed by atoms with van der Waals surface area (Å²) >= 11 is 3.39. The number of alkyl carbamates (subject to hydrolysis) is 1. The summed E-state index contributed by atoms with van der Waals surface area (Å²) in [6.45, 7) is 5.56. The molecule has 1 aliphatic carbocycles. The Bertz CT molecular complexity index is 464. The number of nitrogens with zero attached hydrogens (tertiary/aromatic N) is 1. The van der Waals surface area contributed by atoms with Crippen molar-refractivity contribution in [3.05, 3.63) is 28.5 Å². The zero-order valence-electron chi connectivity index (χ0n) is 10.8. The lowest BCUT2D eigenvalue weighted by Gasteiger charge is -2.23. The molecule has 0 aromatic carbocycles. The molecular formula is C13H17BrN2O2. The number of halogens is 1. The maximum Gasteiger partial charge on any atom is 0.408 e. The van der Waals surface area contributed by atoms with Gasteiger partial charge in [0.2, 0.25) is 0 Å². The van der Waals surface area contributed by atoms with Crippen molar-refractivity contribution in [3.8, 4) is 0 Å². The molecule has 1 saturated carbocycles. The monoisotopic (exact) mass is 312 g/mol. The molecule has 5 heteroatoms. The molecule has 1 heterocycles. The lowest BCUT2D eigenvalue weighted by Crippen LogP contribution is -2.39. The van der Waals surface area contributed by atoms with Gasteiger partial charge in [0.15, 0.2) is 0 Å². The molecule has 0 bridgehead atoms. The number of hydrogen-bond donors (Lipinski definition) is 1. The summed E-state index contributed by atoms with van der Waals surface area (Å²) in [5, 5.41) is 2.95. The lowest BCUT2D eigenvalue weighted by molar-refractivity contribution is 0.0495. The second-order valence-electron chi connectivity index (χ2n) is 5.60. The first-order chi connectivity index (χ1) is 8.31. The van der Waals surface area contributed by atoms with Gasteiger partial charge < -0.3 is 10.1 Å². The molecule has 0 radical (unpaired) electrons. The van der Waals surface area contributed by atoms with Gasteiger partial charge in [-0.15, -0.1) is 0 Å². The van der Waals surface area contributed by atoms with E-state index in [4.69, 9.17) is 4.74 Å². The molecule has 0 unspecified atom stereocenters. The normalized spacial score (nSPS) is 17.1. The fourth-order valence-corrected chi connectivity index (χ4v) is 2.15. The first kappa shape index (κ1) is 13.3. The number of pyridine rings is 1. The van der Waals surface area contributed by atoms with Crippen molar-refractivity contribution >= 4 is 22.0 Å². The van der Waals surface area contributed by atoms with Crippen LogP contribution in [0.25, 0.3) is 0 Å². The van der Waals surface area contributed by atoms with Gasteiger partial charge in [-0.2, -0.15) is 0 Å². The van der Waals surface area contributed by atoms with Crippen LogP contribution >= 0.6 is 15.9 Å². The van der Waals surface area contributed by atoms with E-state index in [1.54, 1.807) is 12.4 Å². The van der Waals surface area contributed by atoms with E-state index in [0.29, 0.717) is 0 Å². The standard InChI is InChI=1S/C13H17BrN2O2/c1-12(2,3)18-11(17)16-13(4-5-13)9-6-10(14)8-15-7-9/h6-8H,4-5H2,1-3H3,(H,16,17). The van der Waals surface area contributed by atoms with Crippen LogP contribution in [0.15, 0.2) is 22.9 Å². The van der Waals surface area contributed by atoms with Crippen molar-refractivity contribution in [2.24, 2.45) is 0 Å². The number of ether oxygens (including phenoxy) is 1. The minimum atomic E-state index is -0.477. The van der Waals surface area contributed by atoms with Crippen molar-refractivity contribution in [2.45, 2.75) is 44.8 Å². The molecule has 2 rings (SSSR count). The van der Waals surface area contributed by atoms with Crippen molar-refractivity contribution in [1.82, 2.24) is 10.3 Å². The van der Waals surface area contributed by atoms with Gasteiger partial charge in [0.1, 0.15) is 5.60 Å². The maximum absolute atomic E-state index is 11.8. The summed E-state index contributed by atoms with van der Waals surface area (Å²) in [7, 11) is 0. The SMILES string of the molecule is CC(C)(C)OC(=O)NC1(c2cncc(Br)c2)CC1. The number of hydrogen-bond acceptors (Lipinski definition) is 3. The van der Waals surface area contributed by atoms with Crippen LogP contribution in [0, 0.1) is 0 Å². The van der Waals surface area contributed by atoms with Gasteiger partial charge >= 0.3 is 6.09 Å². The Labute approximate surface area is 115 Å². The molecular weight excluding hydrogens is 296 g/mol. The van der Waals surface area contributed by atoms with E-state index in [1.165, 1.54) is 0 Å². The summed E-state index contributed by atoms with van der Waals surface area (Å²) in [6.07, 6.45) is 4.98. The highest BCUT2D eigenvalue weighted by Crippen LogP contribution is 2.45. The van der Waals surface area contributed by atoms with E-state index in [9.17, 15) is 4.79 Å². The topological polar surface area (TPSA) is 51.2 Å². The molecule has 1 amide bonds. The molecule has 0 aliphatic heterocycles. The number of amides is 1. The van der Waals surface area contributed by atoms with E-state index in [-0.39, 0.29) is 11.6 Å². The van der Waals surface area contributed by atoms with Gasteiger partial charge in [-0.1, -0.05) is 0 Å². The fraction of sp³-hybridized carbons (Fsp3) is 0.538. The van der Waals surface area contributed by atoms with E-state index in [2.05, 4.69) is 26.2 Å². The fourth-order valence-electron chi connectivity index (χ4n) is 1.78. The molecule has 18 heavy (non-hydrogen) atoms. The highest BCUT2D eigenvalue weighted by atomic mass is 79.9. The third kappa shape index (κ3) is 3.22. The number of rotatable bonds is 2. The number of carbonyl (C=O) groups excluding carboxylic acids is 1. The number of carbonyl (C=O) groups is 1. The summed E-state index contributed by atoms with van der Waals surface area (Å²) in [6, 6.07) is 1.98. The Morgan fingerprint density at radius 1 is 1.44 bits per heavy atom. The Morgan fingerprint density at radius 3 is 2.61 bits per heavy atom. The molecule has 1 aliphatic rings.